The van der Waals surface area contributed by atoms with Gasteiger partial charge >= 0.3 is 0 Å². The van der Waals surface area contributed by atoms with Gasteiger partial charge < -0.3 is 5.32 Å². The average Bonchev–Trinajstić information content (AvgIpc) is 2.77. The summed E-state index contributed by atoms with van der Waals surface area (Å²) in [7, 11) is 0. The van der Waals surface area contributed by atoms with Crippen molar-refractivity contribution in [3.63, 3.8) is 0 Å². The topological polar surface area (TPSA) is 42.0 Å². The van der Waals surface area contributed by atoms with Crippen molar-refractivity contribution in [3.8, 4) is 0 Å². The van der Waals surface area contributed by atoms with Crippen molar-refractivity contribution in [2.24, 2.45) is 5.92 Å². The number of aromatic nitrogens is 1. The van der Waals surface area contributed by atoms with Crippen LogP contribution >= 0.6 is 11.6 Å². The Morgan fingerprint density at radius 1 is 1.50 bits per heavy atom. The smallest absolute Gasteiger partial charge is 0.270 e. The molecule has 0 aromatic carbocycles. The Balaban J connectivity index is 1.97. The molecule has 1 heterocycles. The van der Waals surface area contributed by atoms with Gasteiger partial charge in [-0.15, -0.1) is 11.6 Å². The molecule has 0 saturated heterocycles. The first-order valence-corrected chi connectivity index (χ1v) is 6.12. The molecule has 1 saturated carbocycles. The highest BCUT2D eigenvalue weighted by Gasteiger charge is 2.28. The van der Waals surface area contributed by atoms with Gasteiger partial charge in [0.05, 0.1) is 0 Å². The zero-order chi connectivity index (χ0) is 11.4. The fourth-order valence-corrected chi connectivity index (χ4v) is 2.52. The molecule has 1 fully saturated rings. The van der Waals surface area contributed by atoms with E-state index in [1.807, 2.05) is 6.07 Å². The monoisotopic (exact) mass is 238 g/mol. The van der Waals surface area contributed by atoms with Crippen LogP contribution in [0.2, 0.25) is 0 Å². The maximum absolute atomic E-state index is 11.8. The first-order chi connectivity index (χ1) is 7.81. The van der Waals surface area contributed by atoms with Crippen molar-refractivity contribution >= 4 is 17.5 Å². The Bertz CT molecular complexity index is 355. The van der Waals surface area contributed by atoms with E-state index in [9.17, 15) is 4.79 Å². The summed E-state index contributed by atoms with van der Waals surface area (Å²) in [5, 5.41) is 3.01. The number of nitrogens with one attached hydrogen (secondary N) is 1. The Labute approximate surface area is 100 Å². The SMILES string of the molecule is O=C(NC1CCCC1CCl)c1ccccn1. The molecule has 0 radical (unpaired) electrons. The molecule has 1 aliphatic rings. The maximum Gasteiger partial charge on any atom is 0.270 e. The van der Waals surface area contributed by atoms with E-state index in [4.69, 9.17) is 11.6 Å². The number of hydrogen-bond acceptors (Lipinski definition) is 2. The molecular formula is C12H15ClN2O. The number of amides is 1. The van der Waals surface area contributed by atoms with Crippen molar-refractivity contribution in [2.75, 3.05) is 5.88 Å². The minimum absolute atomic E-state index is 0.0948. The highest BCUT2D eigenvalue weighted by atomic mass is 35.5. The molecule has 0 aliphatic heterocycles. The van der Waals surface area contributed by atoms with Crippen LogP contribution in [0, 0.1) is 5.92 Å². The van der Waals surface area contributed by atoms with Gasteiger partial charge in [-0.2, -0.15) is 0 Å². The predicted octanol–water partition coefficient (Wildman–Crippen LogP) is 2.22. The lowest BCUT2D eigenvalue weighted by atomic mass is 10.1. The van der Waals surface area contributed by atoms with E-state index < -0.39 is 0 Å². The molecule has 1 aromatic heterocycles. The van der Waals surface area contributed by atoms with E-state index in [0.717, 1.165) is 19.3 Å². The van der Waals surface area contributed by atoms with Crippen LogP contribution in [0.25, 0.3) is 0 Å². The normalized spacial score (nSPS) is 24.3. The average molecular weight is 239 g/mol. The molecular weight excluding hydrogens is 224 g/mol. The van der Waals surface area contributed by atoms with E-state index in [-0.39, 0.29) is 11.9 Å². The summed E-state index contributed by atoms with van der Waals surface area (Å²) in [6.07, 6.45) is 4.90. The van der Waals surface area contributed by atoms with Crippen molar-refractivity contribution in [3.05, 3.63) is 30.1 Å². The van der Waals surface area contributed by atoms with Gasteiger partial charge in [-0.1, -0.05) is 12.5 Å². The van der Waals surface area contributed by atoms with Gasteiger partial charge in [-0.3, -0.25) is 9.78 Å². The quantitative estimate of drug-likeness (QED) is 0.821. The molecule has 3 nitrogen and oxygen atoms in total. The van der Waals surface area contributed by atoms with Gasteiger partial charge in [-0.25, -0.2) is 0 Å². The molecule has 1 aromatic rings. The summed E-state index contributed by atoms with van der Waals surface area (Å²) in [6, 6.07) is 5.55. The van der Waals surface area contributed by atoms with E-state index >= 15 is 0 Å². The van der Waals surface area contributed by atoms with Crippen LogP contribution in [0.3, 0.4) is 0 Å². The first kappa shape index (κ1) is 11.4. The Kier molecular flexibility index (Phi) is 3.78. The number of pyridine rings is 1. The van der Waals surface area contributed by atoms with Crippen LogP contribution in [-0.4, -0.2) is 22.8 Å². The number of halogens is 1. The third-order valence-corrected chi connectivity index (χ3v) is 3.47. The summed E-state index contributed by atoms with van der Waals surface area (Å²) in [5.74, 6) is 0.935. The molecule has 0 spiro atoms. The molecule has 4 heteroatoms. The lowest BCUT2D eigenvalue weighted by Gasteiger charge is -2.18. The van der Waals surface area contributed by atoms with Gasteiger partial charge in [-0.05, 0) is 30.9 Å². The molecule has 0 bridgehead atoms. The number of carbonyl (C=O) groups is 1. The summed E-state index contributed by atoms with van der Waals surface area (Å²) in [6.45, 7) is 0. The summed E-state index contributed by atoms with van der Waals surface area (Å²) in [4.78, 5) is 15.9. The van der Waals surface area contributed by atoms with Gasteiger partial charge in [0.25, 0.3) is 5.91 Å². The van der Waals surface area contributed by atoms with Crippen LogP contribution in [0.15, 0.2) is 24.4 Å². The molecule has 16 heavy (non-hydrogen) atoms. The van der Waals surface area contributed by atoms with Gasteiger partial charge in [0, 0.05) is 18.1 Å². The van der Waals surface area contributed by atoms with E-state index in [2.05, 4.69) is 10.3 Å². The number of carbonyl (C=O) groups excluding carboxylic acids is 1. The first-order valence-electron chi connectivity index (χ1n) is 5.59. The van der Waals surface area contributed by atoms with Crippen LogP contribution in [0.5, 0.6) is 0 Å². The Morgan fingerprint density at radius 3 is 3.06 bits per heavy atom. The van der Waals surface area contributed by atoms with Gasteiger partial charge in [0.1, 0.15) is 5.69 Å². The van der Waals surface area contributed by atoms with Crippen molar-refractivity contribution in [1.82, 2.24) is 10.3 Å². The van der Waals surface area contributed by atoms with Crippen molar-refractivity contribution < 1.29 is 4.79 Å². The third kappa shape index (κ3) is 2.53. The fraction of sp³-hybridized carbons (Fsp3) is 0.500. The van der Waals surface area contributed by atoms with Crippen molar-refractivity contribution in [2.45, 2.75) is 25.3 Å². The predicted molar refractivity (Wildman–Crippen MR) is 63.6 cm³/mol. The van der Waals surface area contributed by atoms with Gasteiger partial charge in [0.2, 0.25) is 0 Å². The molecule has 2 atom stereocenters. The second kappa shape index (κ2) is 5.30. The number of nitrogens with zero attached hydrogens (tertiary/aromatic N) is 1. The zero-order valence-corrected chi connectivity index (χ0v) is 9.78. The molecule has 2 rings (SSSR count). The summed E-state index contributed by atoms with van der Waals surface area (Å²) >= 11 is 5.87. The highest BCUT2D eigenvalue weighted by molar-refractivity contribution is 6.18. The van der Waals surface area contributed by atoms with E-state index in [0.29, 0.717) is 17.5 Å². The zero-order valence-electron chi connectivity index (χ0n) is 9.03. The summed E-state index contributed by atoms with van der Waals surface area (Å²) < 4.78 is 0. The summed E-state index contributed by atoms with van der Waals surface area (Å²) in [5.41, 5.74) is 0.475. The lowest BCUT2D eigenvalue weighted by molar-refractivity contribution is 0.0925. The molecule has 1 aliphatic carbocycles. The van der Waals surface area contributed by atoms with Gasteiger partial charge in [0.15, 0.2) is 0 Å². The standard InChI is InChI=1S/C12H15ClN2O/c13-8-9-4-3-6-10(9)15-12(16)11-5-1-2-7-14-11/h1-2,5,7,9-10H,3-4,6,8H2,(H,15,16). The maximum atomic E-state index is 11.8. The number of rotatable bonds is 3. The molecule has 1 N–H and O–H groups in total. The molecule has 86 valence electrons. The third-order valence-electron chi connectivity index (χ3n) is 3.07. The number of alkyl halides is 1. The fourth-order valence-electron chi connectivity index (χ4n) is 2.15. The van der Waals surface area contributed by atoms with E-state index in [1.54, 1.807) is 18.3 Å². The minimum Gasteiger partial charge on any atom is -0.348 e. The van der Waals surface area contributed by atoms with Crippen molar-refractivity contribution in [1.29, 1.82) is 0 Å². The lowest BCUT2D eigenvalue weighted by Crippen LogP contribution is -2.38. The minimum atomic E-state index is -0.0948. The van der Waals surface area contributed by atoms with Crippen LogP contribution in [0.1, 0.15) is 29.8 Å². The largest absolute Gasteiger partial charge is 0.348 e. The molecule has 1 amide bonds. The van der Waals surface area contributed by atoms with Crippen LogP contribution in [-0.2, 0) is 0 Å². The number of hydrogen-bond donors (Lipinski definition) is 1. The van der Waals surface area contributed by atoms with Crippen LogP contribution in [0.4, 0.5) is 0 Å². The molecule has 2 unspecified atom stereocenters. The highest BCUT2D eigenvalue weighted by Crippen LogP contribution is 2.26. The Hall–Kier alpha value is -1.09. The second-order valence-corrected chi connectivity index (χ2v) is 4.45. The second-order valence-electron chi connectivity index (χ2n) is 4.14. The van der Waals surface area contributed by atoms with E-state index in [1.165, 1.54) is 0 Å². The Morgan fingerprint density at radius 2 is 2.38 bits per heavy atom. The van der Waals surface area contributed by atoms with Crippen LogP contribution < -0.4 is 5.32 Å².